The topological polar surface area (TPSA) is 102 Å². The summed E-state index contributed by atoms with van der Waals surface area (Å²) in [5.74, 6) is 0. The van der Waals surface area contributed by atoms with E-state index in [-0.39, 0.29) is 15.7 Å². The lowest BCUT2D eigenvalue weighted by Crippen LogP contribution is -2.14. The summed E-state index contributed by atoms with van der Waals surface area (Å²) in [4.78, 5) is 14.4. The lowest BCUT2D eigenvalue weighted by molar-refractivity contribution is -0.385. The van der Waals surface area contributed by atoms with Gasteiger partial charge in [0.25, 0.3) is 15.7 Å². The standard InChI is InChI=1S/C16H13N3O4S2/c1-11-7-8-13(19(20)21)9-15(11)25(22,23)18-16-17-14(10-24-16)12-5-3-2-4-6-12/h2-10H,1H3,(H,17,18). The lowest BCUT2D eigenvalue weighted by Gasteiger charge is -2.08. The molecule has 0 radical (unpaired) electrons. The zero-order chi connectivity index (χ0) is 18.0. The molecule has 0 bridgehead atoms. The van der Waals surface area contributed by atoms with Crippen LogP contribution in [0.4, 0.5) is 10.8 Å². The van der Waals surface area contributed by atoms with Crippen LogP contribution in [0.2, 0.25) is 0 Å². The zero-order valence-corrected chi connectivity index (χ0v) is 14.7. The molecule has 1 N–H and O–H groups in total. The van der Waals surface area contributed by atoms with E-state index >= 15 is 0 Å². The van der Waals surface area contributed by atoms with Gasteiger partial charge in [-0.3, -0.25) is 14.8 Å². The van der Waals surface area contributed by atoms with E-state index in [9.17, 15) is 18.5 Å². The summed E-state index contributed by atoms with van der Waals surface area (Å²) in [6, 6.07) is 13.1. The minimum absolute atomic E-state index is 0.141. The molecule has 7 nitrogen and oxygen atoms in total. The van der Waals surface area contributed by atoms with Crippen molar-refractivity contribution in [2.45, 2.75) is 11.8 Å². The Hall–Kier alpha value is -2.78. The highest BCUT2D eigenvalue weighted by atomic mass is 32.2. The third-order valence-electron chi connectivity index (χ3n) is 3.47. The maximum Gasteiger partial charge on any atom is 0.270 e. The lowest BCUT2D eigenvalue weighted by atomic mass is 10.2. The molecular formula is C16H13N3O4S2. The maximum absolute atomic E-state index is 12.6. The number of nitro groups is 1. The highest BCUT2D eigenvalue weighted by molar-refractivity contribution is 7.93. The number of aryl methyl sites for hydroxylation is 1. The number of nitrogens with one attached hydrogen (secondary N) is 1. The van der Waals surface area contributed by atoms with Crippen molar-refractivity contribution in [3.63, 3.8) is 0 Å². The summed E-state index contributed by atoms with van der Waals surface area (Å²) in [6.45, 7) is 1.58. The number of non-ortho nitro benzene ring substituents is 1. The van der Waals surface area contributed by atoms with E-state index in [1.807, 2.05) is 30.3 Å². The quantitative estimate of drug-likeness (QED) is 0.539. The van der Waals surface area contributed by atoms with Crippen LogP contribution in [0.25, 0.3) is 11.3 Å². The van der Waals surface area contributed by atoms with Crippen LogP contribution in [0.15, 0.2) is 58.8 Å². The van der Waals surface area contributed by atoms with Gasteiger partial charge < -0.3 is 0 Å². The first-order chi connectivity index (χ1) is 11.9. The Kier molecular flexibility index (Phi) is 4.51. The molecule has 0 aliphatic rings. The molecule has 0 fully saturated rings. The molecule has 1 aromatic heterocycles. The van der Waals surface area contributed by atoms with Gasteiger partial charge in [-0.1, -0.05) is 36.4 Å². The van der Waals surface area contributed by atoms with Crippen LogP contribution in [-0.2, 0) is 10.0 Å². The molecule has 3 rings (SSSR count). The van der Waals surface area contributed by atoms with Crippen molar-refractivity contribution in [3.05, 3.63) is 69.6 Å². The number of thiazole rings is 1. The third kappa shape index (κ3) is 3.67. The van der Waals surface area contributed by atoms with Crippen molar-refractivity contribution in [1.82, 2.24) is 4.98 Å². The fraction of sp³-hybridized carbons (Fsp3) is 0.0625. The van der Waals surface area contributed by atoms with Crippen molar-refractivity contribution in [2.75, 3.05) is 4.72 Å². The molecular weight excluding hydrogens is 362 g/mol. The molecule has 0 saturated heterocycles. The summed E-state index contributed by atoms with van der Waals surface area (Å²) < 4.78 is 27.5. The maximum atomic E-state index is 12.6. The number of sulfonamides is 1. The first kappa shape index (κ1) is 17.1. The number of nitrogens with zero attached hydrogens (tertiary/aromatic N) is 2. The average molecular weight is 375 g/mol. The van der Waals surface area contributed by atoms with Gasteiger partial charge in [0, 0.05) is 23.1 Å². The number of aromatic nitrogens is 1. The van der Waals surface area contributed by atoms with Crippen LogP contribution in [0.5, 0.6) is 0 Å². The number of rotatable bonds is 5. The number of hydrogen-bond acceptors (Lipinski definition) is 6. The van der Waals surface area contributed by atoms with Gasteiger partial charge in [-0.05, 0) is 12.5 Å². The Morgan fingerprint density at radius 3 is 2.56 bits per heavy atom. The van der Waals surface area contributed by atoms with Crippen molar-refractivity contribution < 1.29 is 13.3 Å². The van der Waals surface area contributed by atoms with Gasteiger partial charge in [0.15, 0.2) is 5.13 Å². The zero-order valence-electron chi connectivity index (χ0n) is 13.0. The van der Waals surface area contributed by atoms with E-state index < -0.39 is 14.9 Å². The average Bonchev–Trinajstić information content (AvgIpc) is 3.03. The Labute approximate surface area is 148 Å². The van der Waals surface area contributed by atoms with E-state index in [0.717, 1.165) is 23.0 Å². The first-order valence-electron chi connectivity index (χ1n) is 7.15. The molecule has 3 aromatic rings. The highest BCUT2D eigenvalue weighted by Gasteiger charge is 2.22. The normalized spacial score (nSPS) is 11.2. The molecule has 0 atom stereocenters. The second-order valence-corrected chi connectivity index (χ2v) is 7.73. The molecule has 0 spiro atoms. The predicted octanol–water partition coefficient (Wildman–Crippen LogP) is 3.83. The third-order valence-corrected chi connectivity index (χ3v) is 5.84. The molecule has 0 aliphatic carbocycles. The summed E-state index contributed by atoms with van der Waals surface area (Å²) in [5.41, 5.74) is 1.66. The molecule has 0 unspecified atom stereocenters. The molecule has 0 aliphatic heterocycles. The molecule has 9 heteroatoms. The minimum atomic E-state index is -3.98. The van der Waals surface area contributed by atoms with Crippen LogP contribution in [0, 0.1) is 17.0 Å². The number of anilines is 1. The van der Waals surface area contributed by atoms with Gasteiger partial charge in [-0.2, -0.15) is 0 Å². The SMILES string of the molecule is Cc1ccc([N+](=O)[O-])cc1S(=O)(=O)Nc1nc(-c2ccccc2)cs1. The molecule has 128 valence electrons. The van der Waals surface area contributed by atoms with E-state index in [0.29, 0.717) is 11.3 Å². The van der Waals surface area contributed by atoms with Crippen LogP contribution in [0.1, 0.15) is 5.56 Å². The van der Waals surface area contributed by atoms with Crippen LogP contribution < -0.4 is 4.72 Å². The smallest absolute Gasteiger partial charge is 0.258 e. The summed E-state index contributed by atoms with van der Waals surface area (Å²) in [5, 5.41) is 12.8. The van der Waals surface area contributed by atoms with Gasteiger partial charge in [-0.25, -0.2) is 13.4 Å². The van der Waals surface area contributed by atoms with Gasteiger partial charge in [0.2, 0.25) is 0 Å². The van der Waals surface area contributed by atoms with Crippen molar-refractivity contribution in [3.8, 4) is 11.3 Å². The van der Waals surface area contributed by atoms with Crippen molar-refractivity contribution in [2.24, 2.45) is 0 Å². The Morgan fingerprint density at radius 2 is 1.88 bits per heavy atom. The predicted molar refractivity (Wildman–Crippen MR) is 96.2 cm³/mol. The fourth-order valence-corrected chi connectivity index (χ4v) is 4.46. The number of nitro benzene ring substituents is 1. The Bertz CT molecular complexity index is 1030. The number of hydrogen-bond donors (Lipinski definition) is 1. The molecule has 1 heterocycles. The van der Waals surface area contributed by atoms with Gasteiger partial charge in [-0.15, -0.1) is 11.3 Å². The van der Waals surface area contributed by atoms with E-state index in [4.69, 9.17) is 0 Å². The largest absolute Gasteiger partial charge is 0.270 e. The molecule has 25 heavy (non-hydrogen) atoms. The second kappa shape index (κ2) is 6.61. The van der Waals surface area contributed by atoms with E-state index in [1.54, 1.807) is 12.3 Å². The van der Waals surface area contributed by atoms with Gasteiger partial charge in [0.1, 0.15) is 0 Å². The molecule has 2 aromatic carbocycles. The van der Waals surface area contributed by atoms with Crippen LogP contribution in [-0.4, -0.2) is 18.3 Å². The summed E-state index contributed by atoms with van der Waals surface area (Å²) in [6.07, 6.45) is 0. The molecule has 0 amide bonds. The first-order valence-corrected chi connectivity index (χ1v) is 9.52. The minimum Gasteiger partial charge on any atom is -0.258 e. The Balaban J connectivity index is 1.91. The van der Waals surface area contributed by atoms with Crippen LogP contribution >= 0.6 is 11.3 Å². The molecule has 0 saturated carbocycles. The van der Waals surface area contributed by atoms with Gasteiger partial charge >= 0.3 is 0 Å². The monoisotopic (exact) mass is 375 g/mol. The number of benzene rings is 2. The van der Waals surface area contributed by atoms with E-state index in [2.05, 4.69) is 9.71 Å². The van der Waals surface area contributed by atoms with Crippen LogP contribution in [0.3, 0.4) is 0 Å². The Morgan fingerprint density at radius 1 is 1.16 bits per heavy atom. The summed E-state index contributed by atoms with van der Waals surface area (Å²) in [7, 11) is -3.98. The van der Waals surface area contributed by atoms with E-state index in [1.165, 1.54) is 12.1 Å². The summed E-state index contributed by atoms with van der Waals surface area (Å²) >= 11 is 1.15. The van der Waals surface area contributed by atoms with Crippen molar-refractivity contribution >= 4 is 32.2 Å². The fourth-order valence-electron chi connectivity index (χ4n) is 2.22. The van der Waals surface area contributed by atoms with Crippen molar-refractivity contribution in [1.29, 1.82) is 0 Å². The van der Waals surface area contributed by atoms with Gasteiger partial charge in [0.05, 0.1) is 15.5 Å². The highest BCUT2D eigenvalue weighted by Crippen LogP contribution is 2.28. The second-order valence-electron chi connectivity index (χ2n) is 5.22.